The molecular formula is C90H62N2Si. The third-order valence-electron chi connectivity index (χ3n) is 19.1. The third-order valence-corrected chi connectivity index (χ3v) is 23.8. The smallest absolute Gasteiger partial charge is 0.179 e. The molecule has 436 valence electrons. The molecule has 17 rings (SSSR count). The van der Waals surface area contributed by atoms with E-state index >= 15 is 0 Å². The fourth-order valence-electron chi connectivity index (χ4n) is 14.9. The minimum atomic E-state index is -3.32. The van der Waals surface area contributed by atoms with Crippen molar-refractivity contribution in [3.05, 3.63) is 376 Å². The van der Waals surface area contributed by atoms with E-state index in [2.05, 4.69) is 385 Å². The number of rotatable bonds is 13. The van der Waals surface area contributed by atoms with Crippen molar-refractivity contribution in [2.24, 2.45) is 0 Å². The summed E-state index contributed by atoms with van der Waals surface area (Å²) in [6.07, 6.45) is 0. The van der Waals surface area contributed by atoms with E-state index in [9.17, 15) is 0 Å². The van der Waals surface area contributed by atoms with E-state index in [1.54, 1.807) is 0 Å². The van der Waals surface area contributed by atoms with Crippen LogP contribution in [0.15, 0.2) is 376 Å². The molecule has 17 aromatic rings. The van der Waals surface area contributed by atoms with Crippen molar-refractivity contribution in [3.63, 3.8) is 0 Å². The van der Waals surface area contributed by atoms with E-state index in [1.807, 2.05) is 0 Å². The second-order valence-electron chi connectivity index (χ2n) is 24.3. The van der Waals surface area contributed by atoms with Gasteiger partial charge in [0.1, 0.15) is 0 Å². The molecule has 0 aliphatic carbocycles. The second-order valence-corrected chi connectivity index (χ2v) is 28.1. The number of hydrogen-bond donors (Lipinski definition) is 0. The average Bonchev–Trinajstić information content (AvgIpc) is 1.71. The lowest BCUT2D eigenvalue weighted by Gasteiger charge is -2.36. The number of hydrogen-bond acceptors (Lipinski definition) is 0. The molecule has 0 aliphatic heterocycles. The topological polar surface area (TPSA) is 9.86 Å². The van der Waals surface area contributed by atoms with Crippen LogP contribution in [-0.4, -0.2) is 17.2 Å². The molecule has 0 amide bonds. The Labute approximate surface area is 543 Å². The molecule has 2 aromatic heterocycles. The van der Waals surface area contributed by atoms with Crippen molar-refractivity contribution in [3.8, 4) is 89.3 Å². The molecule has 15 aromatic carbocycles. The quantitative estimate of drug-likeness (QED) is 0.0804. The monoisotopic (exact) mass is 1200 g/mol. The first-order chi connectivity index (χ1) is 46.2. The molecule has 0 N–H and O–H groups in total. The Balaban J connectivity index is 0.912. The summed E-state index contributed by atoms with van der Waals surface area (Å²) in [6, 6.07) is 140. The summed E-state index contributed by atoms with van der Waals surface area (Å²) in [7, 11) is -3.32. The first-order valence-corrected chi connectivity index (χ1v) is 34.1. The second kappa shape index (κ2) is 23.5. The van der Waals surface area contributed by atoms with Crippen molar-refractivity contribution in [2.45, 2.75) is 0 Å². The van der Waals surface area contributed by atoms with Gasteiger partial charge in [-0.1, -0.05) is 340 Å². The van der Waals surface area contributed by atoms with Crippen LogP contribution in [0.1, 0.15) is 0 Å². The number of nitrogens with zero attached hydrogens (tertiary/aromatic N) is 2. The molecule has 0 aliphatic rings. The van der Waals surface area contributed by atoms with Crippen LogP contribution in [-0.2, 0) is 0 Å². The van der Waals surface area contributed by atoms with Crippen molar-refractivity contribution in [2.75, 3.05) is 0 Å². The highest BCUT2D eigenvalue weighted by Crippen LogP contribution is 2.45. The lowest BCUT2D eigenvalue weighted by Crippen LogP contribution is -2.74. The fourth-order valence-corrected chi connectivity index (χ4v) is 19.7. The maximum Gasteiger partial charge on any atom is 0.179 e. The predicted molar refractivity (Wildman–Crippen MR) is 397 cm³/mol. The van der Waals surface area contributed by atoms with E-state index < -0.39 is 8.07 Å². The van der Waals surface area contributed by atoms with Crippen molar-refractivity contribution in [1.29, 1.82) is 0 Å². The maximum atomic E-state index is 2.59. The van der Waals surface area contributed by atoms with E-state index in [4.69, 9.17) is 0 Å². The summed E-state index contributed by atoms with van der Waals surface area (Å²) < 4.78 is 5.08. The lowest BCUT2D eigenvalue weighted by atomic mass is 9.95. The standard InChI is InChI=1S/C90H62N2Si/c1-8-29-63(30-9-1)69-41-26-45-74(57-69)93(73-43-20-7-21-44-73,75-46-27-42-70(58-75)64-31-10-2-11-32-64)76-61-81(67-37-16-5-17-38-67)90(82(62-76)68-39-18-6-19-40-68)92-86-52-25-23-48-80(86)84-60-72(54-56-88(84)92)71-53-55-87-83(59-71)79-47-22-24-51-85(79)91(87)89-77(65-33-12-3-13-34-65)49-28-50-78(89)66-35-14-4-15-36-66/h1-62H. The minimum Gasteiger partial charge on any atom is -0.308 e. The van der Waals surface area contributed by atoms with Gasteiger partial charge in [0.05, 0.1) is 33.4 Å². The molecule has 0 fully saturated rings. The zero-order valence-corrected chi connectivity index (χ0v) is 52.2. The van der Waals surface area contributed by atoms with Gasteiger partial charge in [-0.2, -0.15) is 0 Å². The van der Waals surface area contributed by atoms with Crippen LogP contribution in [0.4, 0.5) is 0 Å². The summed E-state index contributed by atoms with van der Waals surface area (Å²) >= 11 is 0. The first kappa shape index (κ1) is 55.2. The number of benzene rings is 15. The molecule has 0 radical (unpaired) electrons. The molecule has 0 bridgehead atoms. The summed E-state index contributed by atoms with van der Waals surface area (Å²) in [5.41, 5.74) is 23.4. The summed E-state index contributed by atoms with van der Waals surface area (Å²) in [5, 5.41) is 10.0. The van der Waals surface area contributed by atoms with Crippen molar-refractivity contribution in [1.82, 2.24) is 9.13 Å². The number of aromatic nitrogens is 2. The summed E-state index contributed by atoms with van der Waals surface area (Å²) in [4.78, 5) is 0. The number of fused-ring (bicyclic) bond motifs is 6. The van der Waals surface area contributed by atoms with Crippen LogP contribution in [0.3, 0.4) is 0 Å². The van der Waals surface area contributed by atoms with Gasteiger partial charge in [0, 0.05) is 43.8 Å². The van der Waals surface area contributed by atoms with Crippen molar-refractivity contribution < 1.29 is 0 Å². The van der Waals surface area contributed by atoms with Gasteiger partial charge in [0.2, 0.25) is 0 Å². The zero-order chi connectivity index (χ0) is 61.7. The van der Waals surface area contributed by atoms with Crippen LogP contribution in [0.2, 0.25) is 0 Å². The minimum absolute atomic E-state index is 1.14. The highest BCUT2D eigenvalue weighted by Gasteiger charge is 2.43. The van der Waals surface area contributed by atoms with Gasteiger partial charge in [-0.3, -0.25) is 0 Å². The molecule has 3 heteroatoms. The van der Waals surface area contributed by atoms with Crippen LogP contribution < -0.4 is 20.7 Å². The SMILES string of the molecule is c1ccc(-c2cccc([Si](c3ccccc3)(c3cccc(-c4ccccc4)c3)c3cc(-c4ccccc4)c(-n4c5ccccc5c5cc(-c6ccc7c(c6)c6ccccc6n7-c6c(-c7ccccc7)cccc6-c6ccccc6)ccc54)c(-c4ccccc4)c3)c2)cc1. The molecule has 0 unspecified atom stereocenters. The average molecular weight is 1200 g/mol. The Morgan fingerprint density at radius 3 is 0.860 bits per heavy atom. The molecule has 0 saturated carbocycles. The van der Waals surface area contributed by atoms with E-state index in [0.717, 1.165) is 55.6 Å². The molecule has 2 nitrogen and oxygen atoms in total. The fraction of sp³-hybridized carbons (Fsp3) is 0. The molecule has 0 saturated heterocycles. The largest absolute Gasteiger partial charge is 0.308 e. The van der Waals surface area contributed by atoms with Crippen LogP contribution in [0.5, 0.6) is 0 Å². The van der Waals surface area contributed by atoms with Crippen molar-refractivity contribution >= 4 is 72.4 Å². The molecule has 0 atom stereocenters. The van der Waals surface area contributed by atoms with E-state index in [1.165, 1.54) is 98.0 Å². The Morgan fingerprint density at radius 2 is 0.452 bits per heavy atom. The number of para-hydroxylation sites is 3. The van der Waals surface area contributed by atoms with Gasteiger partial charge in [0.15, 0.2) is 8.07 Å². The molecule has 0 spiro atoms. The summed E-state index contributed by atoms with van der Waals surface area (Å²) in [6.45, 7) is 0. The normalized spacial score (nSPS) is 11.7. The highest BCUT2D eigenvalue weighted by molar-refractivity contribution is 7.20. The Bertz CT molecular complexity index is 5380. The maximum absolute atomic E-state index is 3.32. The molecular weight excluding hydrogens is 1140 g/mol. The summed E-state index contributed by atoms with van der Waals surface area (Å²) in [5.74, 6) is 0. The Morgan fingerprint density at radius 1 is 0.161 bits per heavy atom. The van der Waals surface area contributed by atoms with Gasteiger partial charge in [-0.25, -0.2) is 0 Å². The van der Waals surface area contributed by atoms with Gasteiger partial charge < -0.3 is 9.13 Å². The van der Waals surface area contributed by atoms with Gasteiger partial charge in [-0.15, -0.1) is 0 Å². The predicted octanol–water partition coefficient (Wildman–Crippen LogP) is 20.9. The Hall–Kier alpha value is -11.9. The molecule has 2 heterocycles. The van der Waals surface area contributed by atoms with E-state index in [0.29, 0.717) is 0 Å². The lowest BCUT2D eigenvalue weighted by molar-refractivity contribution is 1.18. The highest BCUT2D eigenvalue weighted by atomic mass is 28.3. The van der Waals surface area contributed by atoms with Crippen LogP contribution in [0, 0.1) is 0 Å². The van der Waals surface area contributed by atoms with Gasteiger partial charge in [-0.05, 0) is 113 Å². The molecule has 93 heavy (non-hydrogen) atoms. The van der Waals surface area contributed by atoms with Crippen LogP contribution >= 0.6 is 0 Å². The van der Waals surface area contributed by atoms with Gasteiger partial charge in [0.25, 0.3) is 0 Å². The Kier molecular flexibility index (Phi) is 13.9. The third kappa shape index (κ3) is 9.56. The van der Waals surface area contributed by atoms with E-state index in [-0.39, 0.29) is 0 Å². The van der Waals surface area contributed by atoms with Crippen LogP contribution in [0.25, 0.3) is 133 Å². The zero-order valence-electron chi connectivity index (χ0n) is 51.2. The van der Waals surface area contributed by atoms with Gasteiger partial charge >= 0.3 is 0 Å². The first-order valence-electron chi connectivity index (χ1n) is 32.1.